The first-order valence-corrected chi connectivity index (χ1v) is 4.23. The van der Waals surface area contributed by atoms with Crippen LogP contribution in [0.5, 0.6) is 0 Å². The number of hydrogen-bond acceptors (Lipinski definition) is 3. The van der Waals surface area contributed by atoms with Gasteiger partial charge in [-0.25, -0.2) is 0 Å². The lowest BCUT2D eigenvalue weighted by Crippen LogP contribution is -2.33. The van der Waals surface area contributed by atoms with E-state index in [1.165, 1.54) is 6.07 Å². The number of nitrogens with zero attached hydrogens (tertiary/aromatic N) is 1. The molecular weight excluding hydrogens is 197 g/mol. The van der Waals surface area contributed by atoms with Gasteiger partial charge in [0.25, 0.3) is 0 Å². The lowest BCUT2D eigenvalue weighted by molar-refractivity contribution is -0.157. The zero-order chi connectivity index (χ0) is 11.2. The Balaban J connectivity index is 3.72. The van der Waals surface area contributed by atoms with Crippen molar-refractivity contribution in [1.29, 1.82) is 5.26 Å². The number of aliphatic hydroxyl groups is 1. The van der Waals surface area contributed by atoms with E-state index in [1.54, 1.807) is 6.92 Å². The van der Waals surface area contributed by atoms with Crippen LogP contribution in [0.2, 0.25) is 0 Å². The molecule has 0 bridgehead atoms. The average Bonchev–Trinajstić information content (AvgIpc) is 2.01. The van der Waals surface area contributed by atoms with Crippen LogP contribution in [0.25, 0.3) is 0 Å². The molecule has 82 valence electrons. The number of hydrogen-bond donors (Lipinski definition) is 2. The molecule has 0 aromatic carbocycles. The number of rotatable bonds is 5. The lowest BCUT2D eigenvalue weighted by atomic mass is 10.1. The highest BCUT2D eigenvalue weighted by Gasteiger charge is 2.39. The van der Waals surface area contributed by atoms with Crippen molar-refractivity contribution in [2.24, 2.45) is 5.92 Å². The van der Waals surface area contributed by atoms with Gasteiger partial charge in [0.1, 0.15) is 0 Å². The molecule has 3 nitrogen and oxygen atoms in total. The number of alkyl halides is 3. The first-order chi connectivity index (χ1) is 6.38. The number of nitriles is 1. The van der Waals surface area contributed by atoms with Gasteiger partial charge in [-0.3, -0.25) is 0 Å². The second kappa shape index (κ2) is 5.83. The summed E-state index contributed by atoms with van der Waals surface area (Å²) in [7, 11) is 0. The van der Waals surface area contributed by atoms with Crippen LogP contribution in [0.3, 0.4) is 0 Å². The van der Waals surface area contributed by atoms with Crippen molar-refractivity contribution in [3.63, 3.8) is 0 Å². The lowest BCUT2D eigenvalue weighted by Gasteiger charge is -2.14. The van der Waals surface area contributed by atoms with E-state index >= 15 is 0 Å². The van der Waals surface area contributed by atoms with Crippen molar-refractivity contribution in [2.45, 2.75) is 25.6 Å². The average molecular weight is 210 g/mol. The topological polar surface area (TPSA) is 56.0 Å². The molecule has 6 heteroatoms. The zero-order valence-electron chi connectivity index (χ0n) is 7.80. The molecule has 0 radical (unpaired) electrons. The monoisotopic (exact) mass is 210 g/mol. The smallest absolute Gasteiger partial charge is 0.393 e. The van der Waals surface area contributed by atoms with E-state index in [-0.39, 0.29) is 6.54 Å². The van der Waals surface area contributed by atoms with Gasteiger partial charge >= 0.3 is 6.18 Å². The maximum atomic E-state index is 12.0. The molecule has 0 aliphatic rings. The predicted octanol–water partition coefficient (Wildman–Crippen LogP) is 1.05. The van der Waals surface area contributed by atoms with Crippen molar-refractivity contribution in [1.82, 2.24) is 5.32 Å². The maximum Gasteiger partial charge on any atom is 0.405 e. The Labute approximate surface area is 80.5 Å². The van der Waals surface area contributed by atoms with Gasteiger partial charge in [0.05, 0.1) is 12.2 Å². The molecular formula is C8H13F3N2O. The zero-order valence-corrected chi connectivity index (χ0v) is 7.80. The van der Waals surface area contributed by atoms with Gasteiger partial charge in [-0.15, -0.1) is 0 Å². The van der Waals surface area contributed by atoms with E-state index < -0.39 is 24.7 Å². The summed E-state index contributed by atoms with van der Waals surface area (Å²) in [6, 6.07) is 1.18. The van der Waals surface area contributed by atoms with Crippen molar-refractivity contribution in [2.75, 3.05) is 13.1 Å². The van der Waals surface area contributed by atoms with Crippen LogP contribution in [0.1, 0.15) is 13.3 Å². The largest absolute Gasteiger partial charge is 0.405 e. The van der Waals surface area contributed by atoms with Crippen molar-refractivity contribution < 1.29 is 18.3 Å². The van der Waals surface area contributed by atoms with Crippen molar-refractivity contribution >= 4 is 0 Å². The fraction of sp³-hybridized carbons (Fsp3) is 0.875. The Morgan fingerprint density at radius 3 is 2.43 bits per heavy atom. The molecule has 0 saturated heterocycles. The fourth-order valence-electron chi connectivity index (χ4n) is 0.792. The van der Waals surface area contributed by atoms with E-state index in [0.29, 0.717) is 6.42 Å². The Hall–Kier alpha value is -0.800. The molecule has 2 unspecified atom stereocenters. The highest BCUT2D eigenvalue weighted by atomic mass is 19.4. The molecule has 0 aromatic rings. The van der Waals surface area contributed by atoms with Crippen LogP contribution in [0.15, 0.2) is 0 Å². The summed E-state index contributed by atoms with van der Waals surface area (Å²) in [5, 5.41) is 19.5. The molecule has 14 heavy (non-hydrogen) atoms. The van der Waals surface area contributed by atoms with Crippen LogP contribution in [0, 0.1) is 17.2 Å². The van der Waals surface area contributed by atoms with E-state index in [0.717, 1.165) is 0 Å². The van der Waals surface area contributed by atoms with Crippen LogP contribution < -0.4 is 5.32 Å². The van der Waals surface area contributed by atoms with Crippen LogP contribution in [0.4, 0.5) is 13.2 Å². The third-order valence-electron chi connectivity index (χ3n) is 1.64. The molecule has 0 saturated carbocycles. The Kier molecular flexibility index (Phi) is 5.50. The maximum absolute atomic E-state index is 12.0. The number of aliphatic hydroxyl groups excluding tert-OH is 1. The predicted molar refractivity (Wildman–Crippen MR) is 44.3 cm³/mol. The molecule has 0 heterocycles. The minimum Gasteiger partial charge on any atom is -0.393 e. The molecule has 0 aromatic heterocycles. The number of halogens is 3. The Bertz CT molecular complexity index is 198. The van der Waals surface area contributed by atoms with Gasteiger partial charge in [0.15, 0.2) is 5.92 Å². The molecule has 0 spiro atoms. The second-order valence-electron chi connectivity index (χ2n) is 3.07. The van der Waals surface area contributed by atoms with Gasteiger partial charge in [0, 0.05) is 6.54 Å². The Morgan fingerprint density at radius 2 is 2.07 bits per heavy atom. The number of nitrogens with one attached hydrogen (secondary N) is 1. The molecule has 0 aliphatic carbocycles. The van der Waals surface area contributed by atoms with Gasteiger partial charge in [-0.05, 0) is 19.9 Å². The summed E-state index contributed by atoms with van der Waals surface area (Å²) in [5.74, 6) is -1.98. The quantitative estimate of drug-likeness (QED) is 0.667. The Morgan fingerprint density at radius 1 is 1.50 bits per heavy atom. The fourth-order valence-corrected chi connectivity index (χ4v) is 0.792. The van der Waals surface area contributed by atoms with Gasteiger partial charge in [0.2, 0.25) is 0 Å². The first-order valence-electron chi connectivity index (χ1n) is 4.23. The summed E-state index contributed by atoms with van der Waals surface area (Å²) >= 11 is 0. The van der Waals surface area contributed by atoms with Crippen molar-refractivity contribution in [3.05, 3.63) is 0 Å². The summed E-state index contributed by atoms with van der Waals surface area (Å²) in [6.07, 6.45) is -4.66. The molecule has 2 N–H and O–H groups in total. The normalized spacial score (nSPS) is 16.0. The van der Waals surface area contributed by atoms with E-state index in [9.17, 15) is 13.2 Å². The summed E-state index contributed by atoms with van der Waals surface area (Å²) < 4.78 is 36.0. The van der Waals surface area contributed by atoms with Crippen LogP contribution in [-0.4, -0.2) is 30.5 Å². The highest BCUT2D eigenvalue weighted by Crippen LogP contribution is 2.24. The SMILES string of the molecule is CC(O)CCNCC(C#N)C(F)(F)F. The van der Waals surface area contributed by atoms with E-state index in [1.807, 2.05) is 0 Å². The third-order valence-corrected chi connectivity index (χ3v) is 1.64. The van der Waals surface area contributed by atoms with E-state index in [4.69, 9.17) is 10.4 Å². The highest BCUT2D eigenvalue weighted by molar-refractivity contribution is 4.89. The summed E-state index contributed by atoms with van der Waals surface area (Å²) in [6.45, 7) is 1.39. The molecule has 0 amide bonds. The summed E-state index contributed by atoms with van der Waals surface area (Å²) in [5.41, 5.74) is 0. The van der Waals surface area contributed by atoms with Gasteiger partial charge in [-0.1, -0.05) is 0 Å². The molecule has 0 rings (SSSR count). The van der Waals surface area contributed by atoms with Crippen molar-refractivity contribution in [3.8, 4) is 6.07 Å². The summed E-state index contributed by atoms with van der Waals surface area (Å²) in [4.78, 5) is 0. The minimum absolute atomic E-state index is 0.270. The standard InChI is InChI=1S/C8H13F3N2O/c1-6(14)2-3-13-5-7(4-12)8(9,10)11/h6-7,13-14H,2-3,5H2,1H3. The molecule has 0 fully saturated rings. The first kappa shape index (κ1) is 13.2. The molecule has 2 atom stereocenters. The van der Waals surface area contributed by atoms with Gasteiger partial charge < -0.3 is 10.4 Å². The molecule has 0 aliphatic heterocycles. The van der Waals surface area contributed by atoms with Crippen LogP contribution >= 0.6 is 0 Å². The van der Waals surface area contributed by atoms with Gasteiger partial charge in [-0.2, -0.15) is 18.4 Å². The second-order valence-corrected chi connectivity index (χ2v) is 3.07. The third kappa shape index (κ3) is 5.78. The van der Waals surface area contributed by atoms with E-state index in [2.05, 4.69) is 5.32 Å². The van der Waals surface area contributed by atoms with Crippen LogP contribution in [-0.2, 0) is 0 Å². The minimum atomic E-state index is -4.48.